The van der Waals surface area contributed by atoms with Crippen molar-refractivity contribution in [2.75, 3.05) is 19.7 Å². The molecule has 4 aromatic rings. The van der Waals surface area contributed by atoms with Crippen LogP contribution < -0.4 is 10.9 Å². The number of para-hydroxylation sites is 1. The van der Waals surface area contributed by atoms with Crippen LogP contribution >= 0.6 is 0 Å². The third-order valence-electron chi connectivity index (χ3n) is 7.71. The van der Waals surface area contributed by atoms with Gasteiger partial charge in [-0.2, -0.15) is 0 Å². The van der Waals surface area contributed by atoms with E-state index in [2.05, 4.69) is 10.2 Å². The van der Waals surface area contributed by atoms with E-state index in [4.69, 9.17) is 9.47 Å². The van der Waals surface area contributed by atoms with E-state index >= 15 is 0 Å². The molecule has 8 nitrogen and oxygen atoms in total. The zero-order valence-corrected chi connectivity index (χ0v) is 24.1. The molecule has 1 aliphatic rings. The molecule has 0 spiro atoms. The Morgan fingerprint density at radius 3 is 2.29 bits per heavy atom. The van der Waals surface area contributed by atoms with Crippen molar-refractivity contribution in [1.82, 2.24) is 14.8 Å². The Kier molecular flexibility index (Phi) is 9.34. The molecule has 1 N–H and O–H groups in total. The zero-order chi connectivity index (χ0) is 29.5. The van der Waals surface area contributed by atoms with E-state index in [9.17, 15) is 14.4 Å². The number of hydrogen-bond acceptors (Lipinski definition) is 6. The fourth-order valence-electron chi connectivity index (χ4n) is 5.74. The largest absolute Gasteiger partial charge is 0.508 e. The molecule has 0 aliphatic carbocycles. The molecule has 2 unspecified atom stereocenters. The second-order valence-corrected chi connectivity index (χ2v) is 10.5. The first-order valence-electron chi connectivity index (χ1n) is 14.6. The second kappa shape index (κ2) is 13.5. The Balaban J connectivity index is 1.61. The third kappa shape index (κ3) is 6.39. The van der Waals surface area contributed by atoms with Crippen molar-refractivity contribution in [3.8, 4) is 5.69 Å². The Bertz CT molecular complexity index is 1590. The molecule has 2 heterocycles. The summed E-state index contributed by atoms with van der Waals surface area (Å²) in [6.07, 6.45) is 1.22. The highest BCUT2D eigenvalue weighted by atomic mass is 16.7. The van der Waals surface area contributed by atoms with Gasteiger partial charge in [0.25, 0.3) is 11.5 Å². The molecule has 2 atom stereocenters. The summed E-state index contributed by atoms with van der Waals surface area (Å²) in [6, 6.07) is 26.4. The molecular weight excluding hydrogens is 530 g/mol. The van der Waals surface area contributed by atoms with Gasteiger partial charge in [-0.15, -0.1) is 0 Å². The molecule has 1 aliphatic heterocycles. The lowest BCUT2D eigenvalue weighted by Crippen LogP contribution is -2.42. The smallest absolute Gasteiger partial charge is 0.435 e. The number of nitrogens with one attached hydrogen (secondary N) is 1. The highest BCUT2D eigenvalue weighted by molar-refractivity contribution is 6.08. The van der Waals surface area contributed by atoms with Gasteiger partial charge in [0.05, 0.1) is 23.9 Å². The average molecular weight is 568 g/mol. The summed E-state index contributed by atoms with van der Waals surface area (Å²) in [5.74, 6) is -0.238. The maximum Gasteiger partial charge on any atom is 0.508 e. The number of nitrogens with zero attached hydrogens (tertiary/aromatic N) is 2. The van der Waals surface area contributed by atoms with Gasteiger partial charge in [0.15, 0.2) is 0 Å². The van der Waals surface area contributed by atoms with Crippen molar-refractivity contribution >= 4 is 22.8 Å². The van der Waals surface area contributed by atoms with E-state index in [0.717, 1.165) is 24.9 Å². The molecule has 5 rings (SSSR count). The van der Waals surface area contributed by atoms with Gasteiger partial charge < -0.3 is 14.8 Å². The number of hydrogen-bond donors (Lipinski definition) is 1. The van der Waals surface area contributed by atoms with Crippen molar-refractivity contribution in [1.29, 1.82) is 0 Å². The molecule has 42 heavy (non-hydrogen) atoms. The van der Waals surface area contributed by atoms with Gasteiger partial charge in [-0.05, 0) is 56.5 Å². The summed E-state index contributed by atoms with van der Waals surface area (Å²) in [5, 5.41) is 4.35. The van der Waals surface area contributed by atoms with Crippen LogP contribution in [-0.2, 0) is 16.0 Å². The summed E-state index contributed by atoms with van der Waals surface area (Å²) in [6.45, 7) is 5.56. The molecule has 218 valence electrons. The Labute approximate surface area is 245 Å². The van der Waals surface area contributed by atoms with Crippen molar-refractivity contribution in [3.05, 3.63) is 112 Å². The Morgan fingerprint density at radius 2 is 1.60 bits per heavy atom. The number of likely N-dealkylation sites (tertiary alicyclic amines) is 1. The number of piperidine rings is 1. The predicted octanol–water partition coefficient (Wildman–Crippen LogP) is 6.01. The topological polar surface area (TPSA) is 89.9 Å². The molecule has 3 aromatic carbocycles. The number of rotatable bonds is 9. The van der Waals surface area contributed by atoms with Crippen LogP contribution in [0.3, 0.4) is 0 Å². The van der Waals surface area contributed by atoms with Crippen LogP contribution in [0.15, 0.2) is 89.7 Å². The number of carbonyl (C=O) groups is 2. The third-order valence-corrected chi connectivity index (χ3v) is 7.71. The summed E-state index contributed by atoms with van der Waals surface area (Å²) < 4.78 is 12.2. The maximum atomic E-state index is 14.3. The van der Waals surface area contributed by atoms with Gasteiger partial charge in [0.2, 0.25) is 0 Å². The minimum Gasteiger partial charge on any atom is -0.435 e. The molecule has 1 aromatic heterocycles. The van der Waals surface area contributed by atoms with Crippen LogP contribution in [0.4, 0.5) is 4.79 Å². The molecule has 1 fully saturated rings. The van der Waals surface area contributed by atoms with Gasteiger partial charge in [0, 0.05) is 29.5 Å². The number of aromatic nitrogens is 1. The first-order valence-corrected chi connectivity index (χ1v) is 14.6. The molecular formula is C34H37N3O5. The number of fused-ring (bicyclic) bond motifs is 1. The van der Waals surface area contributed by atoms with E-state index in [1.165, 1.54) is 0 Å². The predicted molar refractivity (Wildman–Crippen MR) is 163 cm³/mol. The number of benzene rings is 3. The molecule has 0 saturated carbocycles. The SMILES string of the molecule is CCOC(=O)OC1CCCN(Cc2c(C(=O)NC(CC)c3ccccc3)c3ccccc3c(=O)n2-c2ccccc2)C1. The van der Waals surface area contributed by atoms with Crippen LogP contribution in [0.25, 0.3) is 16.5 Å². The average Bonchev–Trinajstić information content (AvgIpc) is 3.01. The number of ether oxygens (including phenoxy) is 2. The first-order chi connectivity index (χ1) is 20.5. The summed E-state index contributed by atoms with van der Waals surface area (Å²) in [4.78, 5) is 42.6. The van der Waals surface area contributed by atoms with Crippen LogP contribution in [0.5, 0.6) is 0 Å². The van der Waals surface area contributed by atoms with E-state index in [0.29, 0.717) is 47.2 Å². The molecule has 0 radical (unpaired) electrons. The standard InChI is InChI=1S/C34H37N3O5/c1-3-29(24-14-7-5-8-15-24)35-32(38)31-27-19-11-12-20-28(27)33(39)37(25-16-9-6-10-17-25)30(31)23-36-21-13-18-26(22-36)42-34(40)41-4-2/h5-12,14-17,19-20,26,29H,3-4,13,18,21-23H2,1-2H3,(H,35,38). The van der Waals surface area contributed by atoms with Gasteiger partial charge in [-0.1, -0.05) is 73.7 Å². The highest BCUT2D eigenvalue weighted by Gasteiger charge is 2.29. The van der Waals surface area contributed by atoms with Crippen LogP contribution in [-0.4, -0.2) is 47.3 Å². The fraction of sp³-hybridized carbons (Fsp3) is 0.324. The van der Waals surface area contributed by atoms with Crippen molar-refractivity contribution < 1.29 is 19.1 Å². The lowest BCUT2D eigenvalue weighted by Gasteiger charge is -2.33. The normalized spacial score (nSPS) is 16.1. The van der Waals surface area contributed by atoms with Crippen LogP contribution in [0.2, 0.25) is 0 Å². The fourth-order valence-corrected chi connectivity index (χ4v) is 5.74. The molecule has 8 heteroatoms. The van der Waals surface area contributed by atoms with Gasteiger partial charge in [-0.3, -0.25) is 19.1 Å². The first kappa shape index (κ1) is 29.1. The molecule has 1 saturated heterocycles. The van der Waals surface area contributed by atoms with Gasteiger partial charge >= 0.3 is 6.16 Å². The van der Waals surface area contributed by atoms with Crippen LogP contribution in [0.1, 0.15) is 60.8 Å². The lowest BCUT2D eigenvalue weighted by atomic mass is 9.99. The lowest BCUT2D eigenvalue weighted by molar-refractivity contribution is -0.00491. The molecule has 1 amide bonds. The minimum absolute atomic E-state index is 0.185. The van der Waals surface area contributed by atoms with Crippen LogP contribution in [0, 0.1) is 0 Å². The quantitative estimate of drug-likeness (QED) is 0.249. The zero-order valence-electron chi connectivity index (χ0n) is 24.1. The minimum atomic E-state index is -0.678. The maximum absolute atomic E-state index is 14.3. The summed E-state index contributed by atoms with van der Waals surface area (Å²) in [5.41, 5.74) is 2.59. The van der Waals surface area contributed by atoms with E-state index < -0.39 is 6.16 Å². The second-order valence-electron chi connectivity index (χ2n) is 10.5. The Hall–Kier alpha value is -4.43. The Morgan fingerprint density at radius 1 is 0.929 bits per heavy atom. The number of amides is 1. The van der Waals surface area contributed by atoms with Crippen molar-refractivity contribution in [3.63, 3.8) is 0 Å². The molecule has 0 bridgehead atoms. The number of carbonyl (C=O) groups excluding carboxylic acids is 2. The van der Waals surface area contributed by atoms with E-state index in [-0.39, 0.29) is 30.2 Å². The van der Waals surface area contributed by atoms with Gasteiger partial charge in [-0.25, -0.2) is 4.79 Å². The van der Waals surface area contributed by atoms with E-state index in [1.54, 1.807) is 17.6 Å². The summed E-state index contributed by atoms with van der Waals surface area (Å²) >= 11 is 0. The van der Waals surface area contributed by atoms with E-state index in [1.807, 2.05) is 85.8 Å². The summed E-state index contributed by atoms with van der Waals surface area (Å²) in [7, 11) is 0. The monoisotopic (exact) mass is 567 g/mol. The van der Waals surface area contributed by atoms with Crippen molar-refractivity contribution in [2.24, 2.45) is 0 Å². The number of pyridine rings is 1. The van der Waals surface area contributed by atoms with Gasteiger partial charge in [0.1, 0.15) is 6.10 Å². The highest BCUT2D eigenvalue weighted by Crippen LogP contribution is 2.27. The van der Waals surface area contributed by atoms with Crippen molar-refractivity contribution in [2.45, 2.75) is 51.8 Å².